The molecule has 0 radical (unpaired) electrons. The lowest BCUT2D eigenvalue weighted by Crippen LogP contribution is -2.34. The Morgan fingerprint density at radius 3 is 1.07 bits per heavy atom. The molecule has 0 aromatic heterocycles. The van der Waals surface area contributed by atoms with Gasteiger partial charge in [-0.25, -0.2) is 4.79 Å². The van der Waals surface area contributed by atoms with Crippen LogP contribution in [-0.2, 0) is 28.7 Å². The molecule has 246 valence electrons. The molecule has 0 aliphatic rings. The second-order valence-electron chi connectivity index (χ2n) is 12.1. The van der Waals surface area contributed by atoms with Crippen LogP contribution < -0.4 is 5.73 Å². The summed E-state index contributed by atoms with van der Waals surface area (Å²) in [4.78, 5) is 47.8. The van der Waals surface area contributed by atoms with Crippen molar-refractivity contribution in [2.45, 2.75) is 200 Å². The van der Waals surface area contributed by atoms with Crippen LogP contribution in [-0.4, -0.2) is 29.9 Å². The van der Waals surface area contributed by atoms with E-state index >= 15 is 0 Å². The number of esters is 4. The second-order valence-corrected chi connectivity index (χ2v) is 12.1. The third-order valence-electron chi connectivity index (χ3n) is 7.87. The molecule has 1 atom stereocenters. The van der Waals surface area contributed by atoms with Gasteiger partial charge in [-0.15, -0.1) is 0 Å². The van der Waals surface area contributed by atoms with Crippen LogP contribution in [0.4, 0.5) is 0 Å². The maximum absolute atomic E-state index is 12.1. The predicted molar refractivity (Wildman–Crippen MR) is 171 cm³/mol. The monoisotopic (exact) mass is 595 g/mol. The number of rotatable bonds is 30. The molecule has 0 heterocycles. The normalized spacial score (nSPS) is 11.8. The van der Waals surface area contributed by atoms with Gasteiger partial charge in [0.25, 0.3) is 0 Å². The van der Waals surface area contributed by atoms with Crippen molar-refractivity contribution in [2.24, 2.45) is 5.73 Å². The van der Waals surface area contributed by atoms with E-state index in [0.717, 1.165) is 25.7 Å². The Labute approximate surface area is 257 Å². The summed E-state index contributed by atoms with van der Waals surface area (Å²) in [7, 11) is 0. The average molecular weight is 596 g/mol. The lowest BCUT2D eigenvalue weighted by molar-refractivity contribution is -0.160. The predicted octanol–water partition coefficient (Wildman–Crippen LogP) is 9.42. The van der Waals surface area contributed by atoms with Crippen molar-refractivity contribution in [3.8, 4) is 0 Å². The van der Waals surface area contributed by atoms with Gasteiger partial charge in [-0.2, -0.15) is 0 Å². The quantitative estimate of drug-likeness (QED) is 0.0500. The molecule has 0 aliphatic heterocycles. The van der Waals surface area contributed by atoms with Gasteiger partial charge in [-0.05, 0) is 19.3 Å². The van der Waals surface area contributed by atoms with Crippen molar-refractivity contribution in [2.75, 3.05) is 0 Å². The first-order valence-electron chi connectivity index (χ1n) is 17.6. The minimum absolute atomic E-state index is 0.0325. The molecule has 0 aromatic carbocycles. The Bertz CT molecular complexity index is 680. The molecular weight excluding hydrogens is 530 g/mol. The molecule has 0 amide bonds. The van der Waals surface area contributed by atoms with Gasteiger partial charge >= 0.3 is 23.9 Å². The van der Waals surface area contributed by atoms with E-state index in [-0.39, 0.29) is 25.7 Å². The molecule has 7 nitrogen and oxygen atoms in total. The Kier molecular flexibility index (Phi) is 29.4. The molecule has 0 bridgehead atoms. The van der Waals surface area contributed by atoms with E-state index in [1.807, 2.05) is 0 Å². The van der Waals surface area contributed by atoms with Crippen LogP contribution in [0, 0.1) is 0 Å². The molecule has 2 N–H and O–H groups in total. The first-order chi connectivity index (χ1) is 20.4. The highest BCUT2D eigenvalue weighted by Crippen LogP contribution is 2.14. The van der Waals surface area contributed by atoms with Gasteiger partial charge in [0.2, 0.25) is 0 Å². The van der Waals surface area contributed by atoms with Crippen molar-refractivity contribution < 1.29 is 28.7 Å². The fourth-order valence-electron chi connectivity index (χ4n) is 5.08. The highest BCUT2D eigenvalue weighted by Gasteiger charge is 2.21. The van der Waals surface area contributed by atoms with Gasteiger partial charge < -0.3 is 15.2 Å². The molecule has 7 heteroatoms. The Balaban J connectivity index is 3.64. The number of carbonyl (C=O) groups excluding carboxylic acids is 4. The van der Waals surface area contributed by atoms with Crippen molar-refractivity contribution >= 4 is 23.9 Å². The molecule has 42 heavy (non-hydrogen) atoms. The topological polar surface area (TPSA) is 113 Å². The van der Waals surface area contributed by atoms with Crippen molar-refractivity contribution in [3.05, 3.63) is 0 Å². The number of nitrogens with two attached hydrogens (primary N) is 1. The molecule has 0 rings (SSSR count). The number of carbonyl (C=O) groups is 4. The molecular formula is C35H65NO6. The van der Waals surface area contributed by atoms with Crippen molar-refractivity contribution in [1.82, 2.24) is 0 Å². The van der Waals surface area contributed by atoms with Gasteiger partial charge in [-0.3, -0.25) is 14.4 Å². The Hall–Kier alpha value is -1.76. The van der Waals surface area contributed by atoms with E-state index in [1.54, 1.807) is 0 Å². The molecule has 0 saturated heterocycles. The van der Waals surface area contributed by atoms with Crippen molar-refractivity contribution in [3.63, 3.8) is 0 Å². The van der Waals surface area contributed by atoms with Crippen LogP contribution in [0.15, 0.2) is 0 Å². The van der Waals surface area contributed by atoms with E-state index in [2.05, 4.69) is 13.8 Å². The third kappa shape index (κ3) is 28.4. The highest BCUT2D eigenvalue weighted by atomic mass is 16.6. The molecule has 0 saturated carbocycles. The minimum Gasteiger partial charge on any atom is -0.393 e. The Morgan fingerprint density at radius 1 is 0.429 bits per heavy atom. The largest absolute Gasteiger partial charge is 0.393 e. The molecule has 0 aromatic rings. The minimum atomic E-state index is -1.10. The lowest BCUT2D eigenvalue weighted by Gasteiger charge is -2.10. The van der Waals surface area contributed by atoms with E-state index in [1.165, 1.54) is 116 Å². The summed E-state index contributed by atoms with van der Waals surface area (Å²) in [5.41, 5.74) is 5.78. The zero-order valence-electron chi connectivity index (χ0n) is 27.4. The van der Waals surface area contributed by atoms with Gasteiger partial charge in [0.05, 0.1) is 0 Å². The molecule has 0 unspecified atom stereocenters. The first kappa shape index (κ1) is 40.2. The van der Waals surface area contributed by atoms with Crippen LogP contribution in [0.5, 0.6) is 0 Å². The summed E-state index contributed by atoms with van der Waals surface area (Å²) in [5, 5.41) is 0. The summed E-state index contributed by atoms with van der Waals surface area (Å²) in [6.07, 6.45) is 29.1. The smallest absolute Gasteiger partial charge is 0.330 e. The SMILES string of the molecule is CCCCCCCCCCCCCCCCCC(=O)OC(=O)[C@@H](N)CCC(=O)OC(=O)CCCCCCCCCCC. The van der Waals surface area contributed by atoms with Crippen LogP contribution in [0.25, 0.3) is 0 Å². The van der Waals surface area contributed by atoms with Crippen molar-refractivity contribution in [1.29, 1.82) is 0 Å². The summed E-state index contributed by atoms with van der Waals surface area (Å²) < 4.78 is 9.65. The number of hydrogen-bond donors (Lipinski definition) is 1. The standard InChI is InChI=1S/C35H65NO6/c1-3-5-7-9-11-13-14-15-16-17-18-20-22-24-26-28-33(38)42-35(40)31(36)29-30-34(39)41-32(37)27-25-23-21-19-12-10-8-6-4-2/h31H,3-30,36H2,1-2H3/t31-/m0/s1. The van der Waals surface area contributed by atoms with E-state index in [0.29, 0.717) is 12.8 Å². The van der Waals surface area contributed by atoms with E-state index in [9.17, 15) is 19.2 Å². The van der Waals surface area contributed by atoms with Gasteiger partial charge in [-0.1, -0.05) is 155 Å². The third-order valence-corrected chi connectivity index (χ3v) is 7.87. The van der Waals surface area contributed by atoms with Gasteiger partial charge in [0.1, 0.15) is 6.04 Å². The maximum atomic E-state index is 12.1. The second kappa shape index (κ2) is 30.7. The fraction of sp³-hybridized carbons (Fsp3) is 0.886. The number of ether oxygens (including phenoxy) is 2. The Morgan fingerprint density at radius 2 is 0.714 bits per heavy atom. The van der Waals surface area contributed by atoms with Crippen LogP contribution in [0.3, 0.4) is 0 Å². The first-order valence-corrected chi connectivity index (χ1v) is 17.6. The lowest BCUT2D eigenvalue weighted by atomic mass is 10.0. The molecule has 0 aliphatic carbocycles. The zero-order valence-corrected chi connectivity index (χ0v) is 27.4. The van der Waals surface area contributed by atoms with E-state index < -0.39 is 29.9 Å². The van der Waals surface area contributed by atoms with Crippen LogP contribution >= 0.6 is 0 Å². The average Bonchev–Trinajstić information content (AvgIpc) is 2.96. The summed E-state index contributed by atoms with van der Waals surface area (Å²) in [5.74, 6) is -2.67. The fourth-order valence-corrected chi connectivity index (χ4v) is 5.08. The molecule has 0 spiro atoms. The summed E-state index contributed by atoms with van der Waals surface area (Å²) >= 11 is 0. The van der Waals surface area contributed by atoms with E-state index in [4.69, 9.17) is 15.2 Å². The number of hydrogen-bond acceptors (Lipinski definition) is 7. The highest BCUT2D eigenvalue weighted by molar-refractivity contribution is 5.89. The summed E-state index contributed by atoms with van der Waals surface area (Å²) in [6, 6.07) is -1.10. The molecule has 0 fully saturated rings. The van der Waals surface area contributed by atoms with Crippen LogP contribution in [0.2, 0.25) is 0 Å². The van der Waals surface area contributed by atoms with Gasteiger partial charge in [0, 0.05) is 19.3 Å². The summed E-state index contributed by atoms with van der Waals surface area (Å²) in [6.45, 7) is 4.46. The number of unbranched alkanes of at least 4 members (excludes halogenated alkanes) is 22. The van der Waals surface area contributed by atoms with Crippen LogP contribution in [0.1, 0.15) is 194 Å². The van der Waals surface area contributed by atoms with Gasteiger partial charge in [0.15, 0.2) is 0 Å². The maximum Gasteiger partial charge on any atom is 0.330 e. The zero-order chi connectivity index (χ0) is 31.1.